The van der Waals surface area contributed by atoms with Gasteiger partial charge in [0.25, 0.3) is 0 Å². The molecule has 6 heteroatoms. The Bertz CT molecular complexity index is 686. The average Bonchev–Trinajstić information content (AvgIpc) is 2.71. The second kappa shape index (κ2) is 9.75. The normalized spacial score (nSPS) is 25.4. The highest BCUT2D eigenvalue weighted by Gasteiger charge is 2.47. The number of pyridine rings is 1. The van der Waals surface area contributed by atoms with Crippen LogP contribution >= 0.6 is 0 Å². The van der Waals surface area contributed by atoms with Gasteiger partial charge in [0, 0.05) is 64.0 Å². The fraction of sp³-hybridized carbons (Fsp3) is 0.750. The van der Waals surface area contributed by atoms with E-state index >= 15 is 0 Å². The van der Waals surface area contributed by atoms with E-state index in [9.17, 15) is 4.79 Å². The summed E-state index contributed by atoms with van der Waals surface area (Å²) in [7, 11) is 0. The summed E-state index contributed by atoms with van der Waals surface area (Å²) in [5, 5.41) is 0. The van der Waals surface area contributed by atoms with Gasteiger partial charge in [-0.1, -0.05) is 26.8 Å². The number of amides is 1. The molecular formula is C24H40N4O2. The van der Waals surface area contributed by atoms with Gasteiger partial charge in [-0.2, -0.15) is 0 Å². The van der Waals surface area contributed by atoms with Crippen molar-refractivity contribution in [2.24, 2.45) is 5.92 Å². The first-order valence-electron chi connectivity index (χ1n) is 11.6. The molecule has 0 spiro atoms. The zero-order valence-corrected chi connectivity index (χ0v) is 19.6. The van der Waals surface area contributed by atoms with E-state index in [1.165, 1.54) is 0 Å². The number of hydrogen-bond donors (Lipinski definition) is 0. The topological polar surface area (TPSA) is 48.9 Å². The van der Waals surface area contributed by atoms with Gasteiger partial charge in [-0.15, -0.1) is 0 Å². The Morgan fingerprint density at radius 1 is 1.23 bits per heavy atom. The van der Waals surface area contributed by atoms with Crippen LogP contribution in [0.15, 0.2) is 24.4 Å². The molecular weight excluding hydrogens is 376 g/mol. The third-order valence-electron chi connectivity index (χ3n) is 6.46. The van der Waals surface area contributed by atoms with E-state index in [-0.39, 0.29) is 17.0 Å². The van der Waals surface area contributed by atoms with Gasteiger partial charge in [0.2, 0.25) is 5.91 Å². The van der Waals surface area contributed by atoms with Crippen LogP contribution in [0.1, 0.15) is 53.9 Å². The van der Waals surface area contributed by atoms with Crippen LogP contribution in [0.4, 0.5) is 5.82 Å². The zero-order valence-electron chi connectivity index (χ0n) is 19.6. The van der Waals surface area contributed by atoms with Crippen LogP contribution in [0.25, 0.3) is 0 Å². The molecule has 1 aromatic heterocycles. The molecule has 0 radical (unpaired) electrons. The van der Waals surface area contributed by atoms with Gasteiger partial charge < -0.3 is 9.64 Å². The van der Waals surface area contributed by atoms with Crippen molar-refractivity contribution in [3.8, 4) is 0 Å². The monoisotopic (exact) mass is 416 g/mol. The Kier molecular flexibility index (Phi) is 7.53. The van der Waals surface area contributed by atoms with Gasteiger partial charge in [0.1, 0.15) is 5.82 Å². The van der Waals surface area contributed by atoms with Gasteiger partial charge in [-0.25, -0.2) is 4.98 Å². The largest absolute Gasteiger partial charge is 0.375 e. The molecule has 3 rings (SSSR count). The molecule has 1 amide bonds. The van der Waals surface area contributed by atoms with Gasteiger partial charge in [0.05, 0.1) is 5.60 Å². The van der Waals surface area contributed by atoms with E-state index in [1.54, 1.807) is 6.20 Å². The summed E-state index contributed by atoms with van der Waals surface area (Å²) in [6.45, 7) is 17.7. The number of ether oxygens (including phenoxy) is 1. The first-order valence-corrected chi connectivity index (χ1v) is 11.6. The molecule has 0 N–H and O–H groups in total. The van der Waals surface area contributed by atoms with Gasteiger partial charge >= 0.3 is 0 Å². The van der Waals surface area contributed by atoms with Crippen molar-refractivity contribution in [3.05, 3.63) is 24.4 Å². The van der Waals surface area contributed by atoms with Crippen molar-refractivity contribution in [3.63, 3.8) is 0 Å². The second-order valence-electron chi connectivity index (χ2n) is 9.96. The minimum absolute atomic E-state index is 0.0893. The molecule has 1 unspecified atom stereocenters. The first kappa shape index (κ1) is 23.2. The average molecular weight is 417 g/mol. The van der Waals surface area contributed by atoms with E-state index in [0.717, 1.165) is 58.0 Å². The molecule has 30 heavy (non-hydrogen) atoms. The SMILES string of the molecule is CCC(=O)N(CC1(N2CCN(CC(C)C)CC2)CCOC(C)(C)C1)c1ccccn1. The zero-order chi connectivity index (χ0) is 21.8. The number of nitrogens with zero attached hydrogens (tertiary/aromatic N) is 4. The van der Waals surface area contributed by atoms with Crippen LogP contribution in [0.2, 0.25) is 0 Å². The van der Waals surface area contributed by atoms with Crippen LogP contribution < -0.4 is 4.90 Å². The number of carbonyl (C=O) groups excluding carboxylic acids is 1. The number of hydrogen-bond acceptors (Lipinski definition) is 5. The molecule has 2 aliphatic rings. The lowest BCUT2D eigenvalue weighted by Gasteiger charge is -2.54. The Morgan fingerprint density at radius 3 is 2.53 bits per heavy atom. The highest BCUT2D eigenvalue weighted by atomic mass is 16.5. The van der Waals surface area contributed by atoms with Crippen molar-refractivity contribution in [1.82, 2.24) is 14.8 Å². The summed E-state index contributed by atoms with van der Waals surface area (Å²) in [6.07, 6.45) is 4.12. The van der Waals surface area contributed by atoms with Crippen LogP contribution in [-0.2, 0) is 9.53 Å². The maximum absolute atomic E-state index is 13.0. The Labute approximate surface area is 182 Å². The molecule has 0 aromatic carbocycles. The van der Waals surface area contributed by atoms with Crippen molar-refractivity contribution in [2.45, 2.75) is 65.0 Å². The molecule has 3 heterocycles. The Morgan fingerprint density at radius 2 is 1.97 bits per heavy atom. The van der Waals surface area contributed by atoms with Crippen LogP contribution in [0, 0.1) is 5.92 Å². The fourth-order valence-electron chi connectivity index (χ4n) is 5.17. The fourth-order valence-corrected chi connectivity index (χ4v) is 5.17. The summed E-state index contributed by atoms with van der Waals surface area (Å²) in [5.41, 5.74) is -0.285. The molecule has 1 atom stereocenters. The van der Waals surface area contributed by atoms with E-state index in [4.69, 9.17) is 4.74 Å². The summed E-state index contributed by atoms with van der Waals surface area (Å²) in [6, 6.07) is 5.81. The standard InChI is InChI=1S/C24H40N4O2/c1-6-22(29)28(21-9-7-8-11-25-21)19-24(10-16-30-23(4,5)18-24)27-14-12-26(13-15-27)17-20(2)3/h7-9,11,20H,6,10,12-19H2,1-5H3. The molecule has 1 aromatic rings. The summed E-state index contributed by atoms with van der Waals surface area (Å²) < 4.78 is 6.10. The van der Waals surface area contributed by atoms with Crippen LogP contribution in [0.5, 0.6) is 0 Å². The molecule has 0 saturated carbocycles. The molecule has 0 aliphatic carbocycles. The van der Waals surface area contributed by atoms with E-state index in [1.807, 2.05) is 30.0 Å². The molecule has 2 aliphatic heterocycles. The molecule has 6 nitrogen and oxygen atoms in total. The van der Waals surface area contributed by atoms with E-state index in [0.29, 0.717) is 18.9 Å². The number of anilines is 1. The quantitative estimate of drug-likeness (QED) is 0.682. The molecule has 0 bridgehead atoms. The van der Waals surface area contributed by atoms with Crippen molar-refractivity contribution < 1.29 is 9.53 Å². The van der Waals surface area contributed by atoms with Crippen LogP contribution in [0.3, 0.4) is 0 Å². The summed E-state index contributed by atoms with van der Waals surface area (Å²) in [4.78, 5) is 24.6. The molecule has 168 valence electrons. The predicted octanol–water partition coefficient (Wildman–Crippen LogP) is 3.43. The van der Waals surface area contributed by atoms with Crippen molar-refractivity contribution in [1.29, 1.82) is 0 Å². The third kappa shape index (κ3) is 5.59. The summed E-state index contributed by atoms with van der Waals surface area (Å²) in [5.74, 6) is 1.58. The highest BCUT2D eigenvalue weighted by molar-refractivity contribution is 5.92. The van der Waals surface area contributed by atoms with Crippen molar-refractivity contribution >= 4 is 11.7 Å². The molecule has 2 saturated heterocycles. The van der Waals surface area contributed by atoms with Gasteiger partial charge in [0.15, 0.2) is 0 Å². The van der Waals surface area contributed by atoms with Crippen molar-refractivity contribution in [2.75, 3.05) is 50.8 Å². The van der Waals surface area contributed by atoms with Gasteiger partial charge in [-0.05, 0) is 44.7 Å². The first-order chi connectivity index (χ1) is 14.2. The molecule has 2 fully saturated rings. The number of carbonyl (C=O) groups is 1. The maximum Gasteiger partial charge on any atom is 0.227 e. The van der Waals surface area contributed by atoms with E-state index < -0.39 is 0 Å². The lowest BCUT2D eigenvalue weighted by atomic mass is 9.78. The lowest BCUT2D eigenvalue weighted by Crippen LogP contribution is -2.66. The lowest BCUT2D eigenvalue weighted by molar-refractivity contribution is -0.130. The number of rotatable bonds is 7. The minimum atomic E-state index is -0.196. The third-order valence-corrected chi connectivity index (χ3v) is 6.46. The number of piperazine rings is 1. The van der Waals surface area contributed by atoms with Crippen LogP contribution in [-0.4, -0.2) is 77.7 Å². The minimum Gasteiger partial charge on any atom is -0.375 e. The Hall–Kier alpha value is -1.50. The second-order valence-corrected chi connectivity index (χ2v) is 9.96. The van der Waals surface area contributed by atoms with Gasteiger partial charge in [-0.3, -0.25) is 14.6 Å². The predicted molar refractivity (Wildman–Crippen MR) is 122 cm³/mol. The Balaban J connectivity index is 1.86. The number of aromatic nitrogens is 1. The highest BCUT2D eigenvalue weighted by Crippen LogP contribution is 2.38. The maximum atomic E-state index is 13.0. The smallest absolute Gasteiger partial charge is 0.227 e. The summed E-state index contributed by atoms with van der Waals surface area (Å²) >= 11 is 0. The van der Waals surface area contributed by atoms with E-state index in [2.05, 4.69) is 42.5 Å².